The molecule has 1 aliphatic carbocycles. The Bertz CT molecular complexity index is 473. The van der Waals surface area contributed by atoms with Gasteiger partial charge in [0.2, 0.25) is 0 Å². The van der Waals surface area contributed by atoms with Crippen LogP contribution in [0.4, 0.5) is 0 Å². The minimum absolute atomic E-state index is 0.0555. The van der Waals surface area contributed by atoms with Crippen molar-refractivity contribution < 1.29 is 9.15 Å². The monoisotopic (exact) mass is 232 g/mol. The van der Waals surface area contributed by atoms with Crippen LogP contribution in [0.2, 0.25) is 0 Å². The van der Waals surface area contributed by atoms with Crippen molar-refractivity contribution in [1.29, 1.82) is 0 Å². The van der Waals surface area contributed by atoms with E-state index in [1.807, 2.05) is 12.5 Å². The molecule has 0 radical (unpaired) electrons. The first kappa shape index (κ1) is 10.2. The van der Waals surface area contributed by atoms with Crippen LogP contribution in [0, 0.1) is 17.3 Å². The van der Waals surface area contributed by atoms with Crippen LogP contribution >= 0.6 is 0 Å². The highest BCUT2D eigenvalue weighted by Crippen LogP contribution is 2.64. The molecule has 1 saturated carbocycles. The molecule has 2 nitrogen and oxygen atoms in total. The maximum atomic E-state index is 6.37. The third-order valence-corrected chi connectivity index (χ3v) is 5.27. The lowest BCUT2D eigenvalue weighted by Crippen LogP contribution is -2.36. The molecule has 17 heavy (non-hydrogen) atoms. The van der Waals surface area contributed by atoms with Gasteiger partial charge in [-0.15, -0.1) is 0 Å². The van der Waals surface area contributed by atoms with Crippen molar-refractivity contribution in [2.24, 2.45) is 17.3 Å². The van der Waals surface area contributed by atoms with Crippen molar-refractivity contribution in [3.05, 3.63) is 23.7 Å². The number of hydrogen-bond donors (Lipinski definition) is 0. The fourth-order valence-corrected chi connectivity index (χ4v) is 4.63. The van der Waals surface area contributed by atoms with E-state index in [1.165, 1.54) is 24.0 Å². The van der Waals surface area contributed by atoms with Gasteiger partial charge < -0.3 is 9.15 Å². The fraction of sp³-hybridized carbons (Fsp3) is 0.733. The summed E-state index contributed by atoms with van der Waals surface area (Å²) in [5.41, 5.74) is 3.25. The second-order valence-corrected chi connectivity index (χ2v) is 7.22. The highest BCUT2D eigenvalue weighted by Gasteiger charge is 2.60. The molecule has 0 aromatic carbocycles. The van der Waals surface area contributed by atoms with Crippen LogP contribution in [0.15, 0.2) is 16.9 Å². The van der Waals surface area contributed by atoms with Crippen LogP contribution in [-0.2, 0) is 11.2 Å². The summed E-state index contributed by atoms with van der Waals surface area (Å²) in [4.78, 5) is 0. The van der Waals surface area contributed by atoms with E-state index in [1.54, 1.807) is 0 Å². The van der Waals surface area contributed by atoms with Crippen molar-refractivity contribution in [1.82, 2.24) is 0 Å². The van der Waals surface area contributed by atoms with E-state index in [9.17, 15) is 0 Å². The Morgan fingerprint density at radius 3 is 2.82 bits per heavy atom. The number of furan rings is 1. The summed E-state index contributed by atoms with van der Waals surface area (Å²) < 4.78 is 11.8. The summed E-state index contributed by atoms with van der Waals surface area (Å²) in [6.45, 7) is 7.11. The lowest BCUT2D eigenvalue weighted by atomic mass is 9.80. The van der Waals surface area contributed by atoms with Crippen LogP contribution in [0.5, 0.6) is 0 Å². The van der Waals surface area contributed by atoms with Crippen molar-refractivity contribution in [2.45, 2.75) is 51.7 Å². The second kappa shape index (κ2) is 2.80. The minimum atomic E-state index is 0.0555. The Balaban J connectivity index is 1.82. The average Bonchev–Trinajstić information content (AvgIpc) is 2.84. The molecule has 0 spiro atoms. The molecule has 1 aromatic rings. The zero-order chi connectivity index (χ0) is 11.8. The van der Waals surface area contributed by atoms with E-state index in [4.69, 9.17) is 9.15 Å². The summed E-state index contributed by atoms with van der Waals surface area (Å²) in [7, 11) is 0. The molecule has 0 unspecified atom stereocenters. The van der Waals surface area contributed by atoms with Crippen LogP contribution in [0.3, 0.4) is 0 Å². The van der Waals surface area contributed by atoms with Gasteiger partial charge >= 0.3 is 0 Å². The summed E-state index contributed by atoms with van der Waals surface area (Å²) in [5, 5.41) is 0. The molecule has 0 amide bonds. The van der Waals surface area contributed by atoms with E-state index in [0.717, 1.165) is 12.3 Å². The molecule has 1 aromatic heterocycles. The molecule has 3 aliphatic rings. The molecule has 2 bridgehead atoms. The van der Waals surface area contributed by atoms with Gasteiger partial charge in [-0.2, -0.15) is 0 Å². The Labute approximate surface area is 102 Å². The zero-order valence-electron chi connectivity index (χ0n) is 10.8. The maximum absolute atomic E-state index is 6.37. The van der Waals surface area contributed by atoms with Gasteiger partial charge in [0, 0.05) is 12.0 Å². The third-order valence-electron chi connectivity index (χ3n) is 5.27. The largest absolute Gasteiger partial charge is 0.472 e. The Kier molecular flexibility index (Phi) is 1.68. The number of ether oxygens (including phenoxy) is 1. The normalized spacial score (nSPS) is 45.7. The molecule has 92 valence electrons. The highest BCUT2D eigenvalue weighted by atomic mass is 16.5. The molecule has 0 N–H and O–H groups in total. The van der Waals surface area contributed by atoms with Crippen molar-refractivity contribution in [2.75, 3.05) is 0 Å². The Morgan fingerprint density at radius 1 is 1.18 bits per heavy atom. The van der Waals surface area contributed by atoms with E-state index in [-0.39, 0.29) is 5.60 Å². The molecular formula is C15H20O2. The van der Waals surface area contributed by atoms with Crippen molar-refractivity contribution >= 4 is 0 Å². The standard InChI is InChI=1S/C15H20O2/c1-14(2)5-10-12(6-14)15(3)4-9-7-16-8-11(9)13(10)17-15/h7-8,10,12-13H,4-6H2,1-3H3/t10-,12+,13+,15+/m0/s1. The number of rotatable bonds is 0. The third kappa shape index (κ3) is 1.20. The molecule has 2 heteroatoms. The first-order valence-corrected chi connectivity index (χ1v) is 6.71. The molecular weight excluding hydrogens is 212 g/mol. The lowest BCUT2D eigenvalue weighted by Gasteiger charge is -2.35. The quantitative estimate of drug-likeness (QED) is 0.680. The first-order valence-electron chi connectivity index (χ1n) is 6.71. The second-order valence-electron chi connectivity index (χ2n) is 7.22. The minimum Gasteiger partial charge on any atom is -0.472 e. The summed E-state index contributed by atoms with van der Waals surface area (Å²) in [5.74, 6) is 1.43. The molecule has 2 fully saturated rings. The van der Waals surface area contributed by atoms with E-state index < -0.39 is 0 Å². The predicted octanol–water partition coefficient (Wildman–Crippen LogP) is 3.72. The highest BCUT2D eigenvalue weighted by molar-refractivity contribution is 5.33. The van der Waals surface area contributed by atoms with Gasteiger partial charge in [-0.25, -0.2) is 0 Å². The maximum Gasteiger partial charge on any atom is 0.0963 e. The van der Waals surface area contributed by atoms with E-state index >= 15 is 0 Å². The summed E-state index contributed by atoms with van der Waals surface area (Å²) in [6, 6.07) is 0. The SMILES string of the molecule is CC1(C)C[C@H]2[C@@H](C1)[C@@]1(C)Cc3cocc3[C@@H]2O1. The van der Waals surface area contributed by atoms with Crippen LogP contribution < -0.4 is 0 Å². The number of fused-ring (bicyclic) bond motifs is 7. The zero-order valence-corrected chi connectivity index (χ0v) is 10.8. The Hall–Kier alpha value is -0.760. The smallest absolute Gasteiger partial charge is 0.0963 e. The first-order chi connectivity index (χ1) is 7.99. The van der Waals surface area contributed by atoms with Crippen LogP contribution in [-0.4, -0.2) is 5.60 Å². The lowest BCUT2D eigenvalue weighted by molar-refractivity contribution is -0.0683. The van der Waals surface area contributed by atoms with Gasteiger partial charge in [0.15, 0.2) is 0 Å². The summed E-state index contributed by atoms with van der Waals surface area (Å²) >= 11 is 0. The molecule has 4 atom stereocenters. The molecule has 3 heterocycles. The van der Waals surface area contributed by atoms with Crippen LogP contribution in [0.25, 0.3) is 0 Å². The topological polar surface area (TPSA) is 22.4 Å². The van der Waals surface area contributed by atoms with Crippen LogP contribution in [0.1, 0.15) is 50.8 Å². The van der Waals surface area contributed by atoms with Gasteiger partial charge in [0.1, 0.15) is 0 Å². The van der Waals surface area contributed by atoms with Gasteiger partial charge in [-0.05, 0) is 42.6 Å². The average molecular weight is 232 g/mol. The summed E-state index contributed by atoms with van der Waals surface area (Å²) in [6.07, 6.45) is 7.78. The van der Waals surface area contributed by atoms with E-state index in [0.29, 0.717) is 17.4 Å². The van der Waals surface area contributed by atoms with Gasteiger partial charge in [0.25, 0.3) is 0 Å². The molecule has 2 aliphatic heterocycles. The van der Waals surface area contributed by atoms with E-state index in [2.05, 4.69) is 20.8 Å². The molecule has 1 saturated heterocycles. The van der Waals surface area contributed by atoms with Crippen molar-refractivity contribution in [3.8, 4) is 0 Å². The van der Waals surface area contributed by atoms with Gasteiger partial charge in [-0.1, -0.05) is 13.8 Å². The molecule has 4 rings (SSSR count). The van der Waals surface area contributed by atoms with Gasteiger partial charge in [0.05, 0.1) is 24.2 Å². The number of hydrogen-bond acceptors (Lipinski definition) is 2. The van der Waals surface area contributed by atoms with Gasteiger partial charge in [-0.3, -0.25) is 0 Å². The van der Waals surface area contributed by atoms with Crippen molar-refractivity contribution in [3.63, 3.8) is 0 Å². The fourth-order valence-electron chi connectivity index (χ4n) is 4.63. The predicted molar refractivity (Wildman–Crippen MR) is 64.6 cm³/mol. The Morgan fingerprint density at radius 2 is 2.00 bits per heavy atom.